The molecule has 5 nitrogen and oxygen atoms in total. The molecule has 1 aromatic heterocycles. The Kier molecular flexibility index (Phi) is 7.62. The summed E-state index contributed by atoms with van der Waals surface area (Å²) in [4.78, 5) is 4.08. The highest BCUT2D eigenvalue weighted by molar-refractivity contribution is 14.0. The molecule has 1 aromatic rings. The van der Waals surface area contributed by atoms with Crippen molar-refractivity contribution in [3.63, 3.8) is 0 Å². The highest BCUT2D eigenvalue weighted by atomic mass is 127. The van der Waals surface area contributed by atoms with Crippen LogP contribution in [-0.4, -0.2) is 28.8 Å². The molecule has 2 rings (SSSR count). The van der Waals surface area contributed by atoms with Crippen LogP contribution in [-0.2, 0) is 19.8 Å². The number of aromatic nitrogens is 2. The monoisotopic (exact) mass is 445 g/mol. The lowest BCUT2D eigenvalue weighted by atomic mass is 9.96. The number of hydrogen-bond acceptors (Lipinski definition) is 2. The van der Waals surface area contributed by atoms with Crippen molar-refractivity contribution >= 4 is 29.9 Å². The van der Waals surface area contributed by atoms with Gasteiger partial charge in [-0.3, -0.25) is 9.67 Å². The largest absolute Gasteiger partial charge is 0.435 e. The average Bonchev–Trinajstić information content (AvgIpc) is 2.86. The Hall–Kier alpha value is -1.00. The van der Waals surface area contributed by atoms with E-state index in [9.17, 15) is 13.2 Å². The lowest BCUT2D eigenvalue weighted by Crippen LogP contribution is -2.44. The number of nitrogens with zero attached hydrogens (tertiary/aromatic N) is 3. The fourth-order valence-corrected chi connectivity index (χ4v) is 2.72. The molecule has 0 spiro atoms. The van der Waals surface area contributed by atoms with E-state index in [1.807, 2.05) is 0 Å². The van der Waals surface area contributed by atoms with E-state index in [4.69, 9.17) is 0 Å². The second kappa shape index (κ2) is 8.74. The molecule has 0 atom stereocenters. The van der Waals surface area contributed by atoms with E-state index in [-0.39, 0.29) is 36.1 Å². The lowest BCUT2D eigenvalue weighted by molar-refractivity contribution is -0.142. The van der Waals surface area contributed by atoms with Gasteiger partial charge in [-0.25, -0.2) is 0 Å². The van der Waals surface area contributed by atoms with E-state index in [2.05, 4.69) is 20.7 Å². The maximum Gasteiger partial charge on any atom is 0.435 e. The minimum absolute atomic E-state index is 0. The van der Waals surface area contributed by atoms with E-state index in [1.165, 1.54) is 37.2 Å². The lowest BCUT2D eigenvalue weighted by Gasteiger charge is -2.24. The SMILES string of the molecule is CN=C(NCc1cn(C)nc1C(F)(F)F)NC1CCCCC1.I. The highest BCUT2D eigenvalue weighted by Gasteiger charge is 2.36. The third-order valence-electron chi connectivity index (χ3n) is 3.79. The minimum Gasteiger partial charge on any atom is -0.354 e. The highest BCUT2D eigenvalue weighted by Crippen LogP contribution is 2.30. The number of guanidine groups is 1. The zero-order valence-corrected chi connectivity index (χ0v) is 15.6. The maximum absolute atomic E-state index is 12.9. The van der Waals surface area contributed by atoms with Crippen LogP contribution >= 0.6 is 24.0 Å². The molecule has 0 saturated heterocycles. The summed E-state index contributed by atoms with van der Waals surface area (Å²) in [6.45, 7) is 0.0368. The van der Waals surface area contributed by atoms with Crippen molar-refractivity contribution in [1.29, 1.82) is 0 Å². The number of aryl methyl sites for hydroxylation is 1. The zero-order chi connectivity index (χ0) is 16.2. The van der Waals surface area contributed by atoms with Crippen molar-refractivity contribution in [2.45, 2.75) is 50.9 Å². The van der Waals surface area contributed by atoms with Gasteiger partial charge < -0.3 is 10.6 Å². The summed E-state index contributed by atoms with van der Waals surface area (Å²) in [7, 11) is 3.10. The average molecular weight is 445 g/mol. The fourth-order valence-electron chi connectivity index (χ4n) is 2.72. The minimum atomic E-state index is -4.45. The Morgan fingerprint density at radius 1 is 1.35 bits per heavy atom. The molecule has 1 aliphatic carbocycles. The van der Waals surface area contributed by atoms with Gasteiger partial charge >= 0.3 is 6.18 Å². The topological polar surface area (TPSA) is 54.2 Å². The molecule has 1 saturated carbocycles. The van der Waals surface area contributed by atoms with Gasteiger partial charge in [-0.1, -0.05) is 19.3 Å². The van der Waals surface area contributed by atoms with Gasteiger partial charge in [0, 0.05) is 38.4 Å². The normalized spacial score (nSPS) is 16.8. The predicted molar refractivity (Wildman–Crippen MR) is 93.8 cm³/mol. The van der Waals surface area contributed by atoms with Crippen LogP contribution in [0.3, 0.4) is 0 Å². The van der Waals surface area contributed by atoms with Gasteiger partial charge in [-0.2, -0.15) is 18.3 Å². The Morgan fingerprint density at radius 2 is 2.00 bits per heavy atom. The van der Waals surface area contributed by atoms with Crippen LogP contribution in [0.4, 0.5) is 13.2 Å². The van der Waals surface area contributed by atoms with E-state index >= 15 is 0 Å². The number of alkyl halides is 3. The first-order valence-corrected chi connectivity index (χ1v) is 7.47. The zero-order valence-electron chi connectivity index (χ0n) is 13.3. The molecule has 0 bridgehead atoms. The summed E-state index contributed by atoms with van der Waals surface area (Å²) in [6.07, 6.45) is 2.67. The number of aliphatic imine (C=N–C) groups is 1. The molecular formula is C14H23F3IN5. The van der Waals surface area contributed by atoms with Gasteiger partial charge in [0.05, 0.1) is 0 Å². The van der Waals surface area contributed by atoms with Gasteiger partial charge in [0.15, 0.2) is 11.7 Å². The molecule has 0 aliphatic heterocycles. The molecular weight excluding hydrogens is 422 g/mol. The molecule has 0 amide bonds. The van der Waals surface area contributed by atoms with Gasteiger partial charge in [0.2, 0.25) is 0 Å². The molecule has 1 aliphatic rings. The second-order valence-electron chi connectivity index (χ2n) is 5.58. The number of rotatable bonds is 3. The Labute approximate surface area is 151 Å². The first kappa shape index (κ1) is 20.0. The van der Waals surface area contributed by atoms with Crippen molar-refractivity contribution in [2.75, 3.05) is 7.05 Å². The molecule has 9 heteroatoms. The van der Waals surface area contributed by atoms with Crippen LogP contribution in [0.5, 0.6) is 0 Å². The van der Waals surface area contributed by atoms with Gasteiger partial charge in [-0.05, 0) is 12.8 Å². The third-order valence-corrected chi connectivity index (χ3v) is 3.79. The molecule has 132 valence electrons. The summed E-state index contributed by atoms with van der Waals surface area (Å²) < 4.78 is 39.9. The summed E-state index contributed by atoms with van der Waals surface area (Å²) in [5, 5.41) is 9.71. The number of halogens is 4. The molecule has 23 heavy (non-hydrogen) atoms. The Balaban J connectivity index is 0.00000264. The fraction of sp³-hybridized carbons (Fsp3) is 0.714. The molecule has 1 heterocycles. The Bertz CT molecular complexity index is 521. The van der Waals surface area contributed by atoms with Gasteiger partial charge in [0.25, 0.3) is 0 Å². The first-order valence-electron chi connectivity index (χ1n) is 7.47. The van der Waals surface area contributed by atoms with Crippen LogP contribution in [0.1, 0.15) is 43.4 Å². The predicted octanol–water partition coefficient (Wildman–Crippen LogP) is 3.05. The van der Waals surface area contributed by atoms with Crippen molar-refractivity contribution < 1.29 is 13.2 Å². The molecule has 0 aromatic carbocycles. The molecule has 0 unspecified atom stereocenters. The molecule has 1 fully saturated rings. The Morgan fingerprint density at radius 3 is 2.57 bits per heavy atom. The smallest absolute Gasteiger partial charge is 0.354 e. The van der Waals surface area contributed by atoms with E-state index in [0.717, 1.165) is 12.8 Å². The standard InChI is InChI=1S/C14H22F3N5.HI/c1-18-13(20-11-6-4-3-5-7-11)19-8-10-9-22(2)21-12(10)14(15,16)17;/h9,11H,3-8H2,1-2H3,(H2,18,19,20);1H. The maximum atomic E-state index is 12.9. The van der Waals surface area contributed by atoms with Crippen LogP contribution in [0.25, 0.3) is 0 Å². The third kappa shape index (κ3) is 5.85. The van der Waals surface area contributed by atoms with Crippen molar-refractivity contribution in [2.24, 2.45) is 12.0 Å². The van der Waals surface area contributed by atoms with Crippen LogP contribution < -0.4 is 10.6 Å². The number of hydrogen-bond donors (Lipinski definition) is 2. The van der Waals surface area contributed by atoms with Crippen LogP contribution in [0.15, 0.2) is 11.2 Å². The molecule has 0 radical (unpaired) electrons. The van der Waals surface area contributed by atoms with Crippen LogP contribution in [0.2, 0.25) is 0 Å². The van der Waals surface area contributed by atoms with Crippen molar-refractivity contribution in [3.05, 3.63) is 17.5 Å². The summed E-state index contributed by atoms with van der Waals surface area (Å²) in [6, 6.07) is 0.343. The first-order chi connectivity index (χ1) is 10.4. The second-order valence-corrected chi connectivity index (χ2v) is 5.58. The van der Waals surface area contributed by atoms with Gasteiger partial charge in [-0.15, -0.1) is 24.0 Å². The summed E-state index contributed by atoms with van der Waals surface area (Å²) in [5.41, 5.74) is -0.739. The van der Waals surface area contributed by atoms with Crippen LogP contribution in [0, 0.1) is 0 Å². The summed E-state index contributed by atoms with van der Waals surface area (Å²) in [5.74, 6) is 0.531. The summed E-state index contributed by atoms with van der Waals surface area (Å²) >= 11 is 0. The van der Waals surface area contributed by atoms with E-state index in [1.54, 1.807) is 7.05 Å². The van der Waals surface area contributed by atoms with Gasteiger partial charge in [0.1, 0.15) is 0 Å². The van der Waals surface area contributed by atoms with E-state index in [0.29, 0.717) is 12.0 Å². The van der Waals surface area contributed by atoms with Crippen molar-refractivity contribution in [1.82, 2.24) is 20.4 Å². The number of nitrogens with one attached hydrogen (secondary N) is 2. The van der Waals surface area contributed by atoms with E-state index < -0.39 is 11.9 Å². The van der Waals surface area contributed by atoms with Crippen molar-refractivity contribution in [3.8, 4) is 0 Å². The molecule has 2 N–H and O–H groups in total. The quantitative estimate of drug-likeness (QED) is 0.428.